The molecule has 0 aliphatic rings. The van der Waals surface area contributed by atoms with Crippen molar-refractivity contribution < 1.29 is 14.0 Å². The normalized spacial score (nSPS) is 10.4. The Bertz CT molecular complexity index is 967. The molecule has 2 amide bonds. The molecule has 0 unspecified atom stereocenters. The van der Waals surface area contributed by atoms with Crippen LogP contribution in [0.2, 0.25) is 0 Å². The van der Waals surface area contributed by atoms with E-state index in [1.807, 2.05) is 18.2 Å². The molecule has 10 heteroatoms. The Kier molecular flexibility index (Phi) is 8.16. The number of amides is 2. The van der Waals surface area contributed by atoms with Crippen molar-refractivity contribution in [2.45, 2.75) is 10.8 Å². The fraction of sp³-hybridized carbons (Fsp3) is 0.200. The van der Waals surface area contributed by atoms with Crippen LogP contribution in [0.5, 0.6) is 0 Å². The number of aromatic nitrogens is 2. The van der Waals surface area contributed by atoms with E-state index in [9.17, 15) is 14.0 Å². The van der Waals surface area contributed by atoms with E-state index in [1.54, 1.807) is 0 Å². The monoisotopic (exact) mass is 445 g/mol. The number of hydrogen-bond acceptors (Lipinski definition) is 7. The van der Waals surface area contributed by atoms with Crippen molar-refractivity contribution in [2.24, 2.45) is 0 Å². The highest BCUT2D eigenvalue weighted by Gasteiger charge is 2.10. The zero-order valence-electron chi connectivity index (χ0n) is 15.9. The molecule has 7 nitrogen and oxygen atoms in total. The van der Waals surface area contributed by atoms with Crippen LogP contribution >= 0.6 is 23.1 Å². The zero-order chi connectivity index (χ0) is 21.2. The number of hydrogen-bond donors (Lipinski definition) is 3. The van der Waals surface area contributed by atoms with Gasteiger partial charge in [0.05, 0.1) is 12.3 Å². The van der Waals surface area contributed by atoms with Crippen molar-refractivity contribution in [1.82, 2.24) is 15.5 Å². The third-order valence-electron chi connectivity index (χ3n) is 3.84. The predicted molar refractivity (Wildman–Crippen MR) is 117 cm³/mol. The average molecular weight is 446 g/mol. The lowest BCUT2D eigenvalue weighted by molar-refractivity contribution is -0.122. The van der Waals surface area contributed by atoms with Crippen LogP contribution in [-0.4, -0.2) is 40.9 Å². The molecule has 0 spiro atoms. The third-order valence-corrected chi connectivity index (χ3v) is 5.85. The van der Waals surface area contributed by atoms with Crippen molar-refractivity contribution in [3.05, 3.63) is 66.0 Å². The highest BCUT2D eigenvalue weighted by molar-refractivity contribution is 8.01. The number of rotatable bonds is 10. The van der Waals surface area contributed by atoms with Gasteiger partial charge in [0, 0.05) is 12.2 Å². The number of anilines is 2. The van der Waals surface area contributed by atoms with Gasteiger partial charge in [0.15, 0.2) is 4.34 Å². The van der Waals surface area contributed by atoms with Crippen LogP contribution in [0.4, 0.5) is 15.2 Å². The van der Waals surface area contributed by atoms with E-state index in [-0.39, 0.29) is 29.9 Å². The van der Waals surface area contributed by atoms with E-state index < -0.39 is 0 Å². The topological polar surface area (TPSA) is 96.0 Å². The molecule has 3 N–H and O–H groups in total. The second-order valence-electron chi connectivity index (χ2n) is 6.16. The smallest absolute Gasteiger partial charge is 0.243 e. The maximum atomic E-state index is 12.9. The standard InChI is InChI=1S/C20H20FN5O2S2/c21-15-6-8-16(9-7-15)24-17(27)12-23-18(28)13-29-20-26-25-19(30-20)22-11-10-14-4-2-1-3-5-14/h1-9H,10-13H2,(H,22,25)(H,23,28)(H,24,27). The molecule has 0 saturated heterocycles. The summed E-state index contributed by atoms with van der Waals surface area (Å²) in [4.78, 5) is 23.8. The molecule has 0 aliphatic carbocycles. The summed E-state index contributed by atoms with van der Waals surface area (Å²) in [5.41, 5.74) is 1.70. The average Bonchev–Trinajstić information content (AvgIpc) is 3.21. The van der Waals surface area contributed by atoms with Gasteiger partial charge in [-0.15, -0.1) is 10.2 Å². The number of thioether (sulfide) groups is 1. The largest absolute Gasteiger partial charge is 0.360 e. The van der Waals surface area contributed by atoms with Crippen LogP contribution < -0.4 is 16.0 Å². The van der Waals surface area contributed by atoms with Crippen LogP contribution in [0.3, 0.4) is 0 Å². The Labute approximate surface area is 181 Å². The van der Waals surface area contributed by atoms with Gasteiger partial charge in [0.2, 0.25) is 16.9 Å². The summed E-state index contributed by atoms with van der Waals surface area (Å²) in [5, 5.41) is 17.2. The van der Waals surface area contributed by atoms with Crippen LogP contribution in [0.25, 0.3) is 0 Å². The predicted octanol–water partition coefficient (Wildman–Crippen LogP) is 3.18. The van der Waals surface area contributed by atoms with Crippen LogP contribution in [-0.2, 0) is 16.0 Å². The van der Waals surface area contributed by atoms with Gasteiger partial charge in [0.25, 0.3) is 0 Å². The Morgan fingerprint density at radius 2 is 1.77 bits per heavy atom. The summed E-state index contributed by atoms with van der Waals surface area (Å²) in [6.45, 7) is 0.576. The van der Waals surface area contributed by atoms with Crippen molar-refractivity contribution in [3.63, 3.8) is 0 Å². The molecule has 3 rings (SSSR count). The minimum Gasteiger partial charge on any atom is -0.360 e. The molecular formula is C20H20FN5O2S2. The summed E-state index contributed by atoms with van der Waals surface area (Å²) in [5.74, 6) is -0.934. The number of nitrogens with zero attached hydrogens (tertiary/aromatic N) is 2. The van der Waals surface area contributed by atoms with Gasteiger partial charge < -0.3 is 16.0 Å². The van der Waals surface area contributed by atoms with Crippen LogP contribution in [0.15, 0.2) is 58.9 Å². The van der Waals surface area contributed by atoms with Gasteiger partial charge >= 0.3 is 0 Å². The van der Waals surface area contributed by atoms with Crippen molar-refractivity contribution in [3.8, 4) is 0 Å². The first-order valence-electron chi connectivity index (χ1n) is 9.15. The van der Waals surface area contributed by atoms with E-state index in [4.69, 9.17) is 0 Å². The molecule has 3 aromatic rings. The van der Waals surface area contributed by atoms with Gasteiger partial charge in [-0.25, -0.2) is 4.39 Å². The number of nitrogens with one attached hydrogen (secondary N) is 3. The molecule has 0 aliphatic heterocycles. The van der Waals surface area contributed by atoms with E-state index in [2.05, 4.69) is 38.3 Å². The molecule has 0 saturated carbocycles. The SMILES string of the molecule is O=C(CSc1nnc(NCCc2ccccc2)s1)NCC(=O)Nc1ccc(F)cc1. The van der Waals surface area contributed by atoms with Crippen molar-refractivity contribution >= 4 is 45.7 Å². The Morgan fingerprint density at radius 1 is 1.00 bits per heavy atom. The Hall–Kier alpha value is -2.98. The molecule has 1 heterocycles. The fourth-order valence-corrected chi connectivity index (χ4v) is 4.00. The van der Waals surface area contributed by atoms with Gasteiger partial charge in [0.1, 0.15) is 5.82 Å². The summed E-state index contributed by atoms with van der Waals surface area (Å²) < 4.78 is 13.5. The summed E-state index contributed by atoms with van der Waals surface area (Å²) in [7, 11) is 0. The van der Waals surface area contributed by atoms with Crippen molar-refractivity contribution in [2.75, 3.05) is 29.5 Å². The second-order valence-corrected chi connectivity index (χ2v) is 8.36. The third kappa shape index (κ3) is 7.45. The fourth-order valence-electron chi connectivity index (χ4n) is 2.39. The van der Waals surface area contributed by atoms with E-state index in [0.717, 1.165) is 13.0 Å². The van der Waals surface area contributed by atoms with Gasteiger partial charge in [-0.3, -0.25) is 9.59 Å². The molecule has 2 aromatic carbocycles. The maximum Gasteiger partial charge on any atom is 0.243 e. The number of halogens is 1. The summed E-state index contributed by atoms with van der Waals surface area (Å²) in [6.07, 6.45) is 0.880. The first-order valence-corrected chi connectivity index (χ1v) is 10.9. The first-order chi connectivity index (χ1) is 14.6. The Morgan fingerprint density at radius 3 is 2.53 bits per heavy atom. The number of carbonyl (C=O) groups excluding carboxylic acids is 2. The van der Waals surface area contributed by atoms with E-state index in [0.29, 0.717) is 15.2 Å². The molecule has 1 aromatic heterocycles. The molecule has 0 fully saturated rings. The first kappa shape index (κ1) is 21.7. The van der Waals surface area contributed by atoms with Gasteiger partial charge in [-0.05, 0) is 36.2 Å². The summed E-state index contributed by atoms with van der Waals surface area (Å²) >= 11 is 2.63. The molecular weight excluding hydrogens is 425 g/mol. The molecule has 0 radical (unpaired) electrons. The lowest BCUT2D eigenvalue weighted by Gasteiger charge is -2.06. The Balaban J connectivity index is 1.32. The minimum atomic E-state index is -0.388. The van der Waals surface area contributed by atoms with E-state index in [1.165, 1.54) is 52.9 Å². The van der Waals surface area contributed by atoms with Crippen LogP contribution in [0, 0.1) is 5.82 Å². The van der Waals surface area contributed by atoms with Crippen LogP contribution in [0.1, 0.15) is 5.56 Å². The van der Waals surface area contributed by atoms with Gasteiger partial charge in [-0.2, -0.15) is 0 Å². The highest BCUT2D eigenvalue weighted by Crippen LogP contribution is 2.25. The number of benzene rings is 2. The number of carbonyl (C=O) groups is 2. The molecule has 0 atom stereocenters. The second kappa shape index (κ2) is 11.3. The molecule has 0 bridgehead atoms. The molecule has 30 heavy (non-hydrogen) atoms. The minimum absolute atomic E-state index is 0.127. The maximum absolute atomic E-state index is 12.9. The zero-order valence-corrected chi connectivity index (χ0v) is 17.6. The quantitative estimate of drug-likeness (QED) is 0.415. The van der Waals surface area contributed by atoms with Gasteiger partial charge in [-0.1, -0.05) is 53.4 Å². The summed E-state index contributed by atoms with van der Waals surface area (Å²) in [6, 6.07) is 15.5. The van der Waals surface area contributed by atoms with Crippen molar-refractivity contribution in [1.29, 1.82) is 0 Å². The lowest BCUT2D eigenvalue weighted by atomic mass is 10.2. The highest BCUT2D eigenvalue weighted by atomic mass is 32.2. The molecule has 156 valence electrons. The van der Waals surface area contributed by atoms with E-state index >= 15 is 0 Å². The lowest BCUT2D eigenvalue weighted by Crippen LogP contribution is -2.33.